The summed E-state index contributed by atoms with van der Waals surface area (Å²) in [6.07, 6.45) is 3.56. The fourth-order valence-electron chi connectivity index (χ4n) is 1.89. The number of carbonyl (C=O) groups excluding carboxylic acids is 1. The fourth-order valence-corrected chi connectivity index (χ4v) is 1.89. The van der Waals surface area contributed by atoms with E-state index in [4.69, 9.17) is 4.74 Å². The Morgan fingerprint density at radius 2 is 2.00 bits per heavy atom. The van der Waals surface area contributed by atoms with E-state index in [2.05, 4.69) is 15.5 Å². The fraction of sp³-hybridized carbons (Fsp3) is 0.0667. The summed E-state index contributed by atoms with van der Waals surface area (Å²) in [6.45, 7) is 0.245. The van der Waals surface area contributed by atoms with Crippen molar-refractivity contribution in [1.82, 2.24) is 10.4 Å². The van der Waals surface area contributed by atoms with Crippen LogP contribution in [0.1, 0.15) is 5.69 Å². The average Bonchev–Trinajstić information content (AvgIpc) is 3.10. The maximum Gasteiger partial charge on any atom is 0.273 e. The van der Waals surface area contributed by atoms with Crippen LogP contribution in [0.15, 0.2) is 59.3 Å². The zero-order valence-electron chi connectivity index (χ0n) is 10.7. The van der Waals surface area contributed by atoms with Crippen molar-refractivity contribution in [2.45, 2.75) is 0 Å². The molecule has 5 heteroatoms. The third kappa shape index (κ3) is 2.61. The standard InChI is InChI=1S/C15H13N3O2/c19-15-13(9-11-5-4-8-16-11)14(17-18-15)10-20-12-6-2-1-3-7-12/h1-9,16H,10H2,(H,18,19). The molecule has 1 amide bonds. The van der Waals surface area contributed by atoms with Crippen LogP contribution in [0.5, 0.6) is 5.75 Å². The van der Waals surface area contributed by atoms with Crippen molar-refractivity contribution >= 4 is 17.7 Å². The Bertz CT molecular complexity index is 658. The van der Waals surface area contributed by atoms with Crippen LogP contribution < -0.4 is 10.2 Å². The molecule has 0 fully saturated rings. The molecule has 0 saturated carbocycles. The second kappa shape index (κ2) is 5.44. The molecule has 2 heterocycles. The van der Waals surface area contributed by atoms with Crippen molar-refractivity contribution in [1.29, 1.82) is 0 Å². The molecule has 1 aromatic heterocycles. The van der Waals surface area contributed by atoms with E-state index in [-0.39, 0.29) is 12.5 Å². The van der Waals surface area contributed by atoms with Gasteiger partial charge in [0.15, 0.2) is 0 Å². The van der Waals surface area contributed by atoms with Crippen LogP contribution >= 0.6 is 0 Å². The number of rotatable bonds is 4. The van der Waals surface area contributed by atoms with Gasteiger partial charge in [-0.1, -0.05) is 18.2 Å². The minimum Gasteiger partial charge on any atom is -0.487 e. The number of nitrogens with zero attached hydrogens (tertiary/aromatic N) is 1. The van der Waals surface area contributed by atoms with Gasteiger partial charge in [-0.15, -0.1) is 0 Å². The highest BCUT2D eigenvalue weighted by molar-refractivity contribution is 6.27. The number of nitrogens with one attached hydrogen (secondary N) is 2. The molecule has 0 aliphatic carbocycles. The molecule has 0 spiro atoms. The van der Waals surface area contributed by atoms with Gasteiger partial charge in [-0.05, 0) is 30.3 Å². The third-order valence-electron chi connectivity index (χ3n) is 2.89. The van der Waals surface area contributed by atoms with Crippen LogP contribution in [0.4, 0.5) is 0 Å². The molecular formula is C15H13N3O2. The van der Waals surface area contributed by atoms with E-state index < -0.39 is 0 Å². The molecule has 100 valence electrons. The Labute approximate surface area is 116 Å². The highest BCUT2D eigenvalue weighted by Gasteiger charge is 2.23. The summed E-state index contributed by atoms with van der Waals surface area (Å²) < 4.78 is 5.61. The Kier molecular flexibility index (Phi) is 3.33. The van der Waals surface area contributed by atoms with Gasteiger partial charge in [0.05, 0.1) is 5.57 Å². The van der Waals surface area contributed by atoms with Gasteiger partial charge in [0.25, 0.3) is 5.91 Å². The van der Waals surface area contributed by atoms with Crippen LogP contribution in [-0.2, 0) is 4.79 Å². The predicted octanol–water partition coefficient (Wildman–Crippen LogP) is 1.96. The maximum atomic E-state index is 11.8. The lowest BCUT2D eigenvalue weighted by molar-refractivity contribution is -0.116. The van der Waals surface area contributed by atoms with E-state index in [0.29, 0.717) is 11.3 Å². The van der Waals surface area contributed by atoms with E-state index in [9.17, 15) is 4.79 Å². The van der Waals surface area contributed by atoms with Gasteiger partial charge in [0, 0.05) is 11.9 Å². The average molecular weight is 267 g/mol. The molecule has 0 atom stereocenters. The minimum absolute atomic E-state index is 0.216. The number of H-pyrrole nitrogens is 1. The van der Waals surface area contributed by atoms with Gasteiger partial charge in [0.2, 0.25) is 0 Å². The number of aromatic nitrogens is 1. The lowest BCUT2D eigenvalue weighted by Gasteiger charge is -2.05. The summed E-state index contributed by atoms with van der Waals surface area (Å²) in [4.78, 5) is 14.8. The zero-order chi connectivity index (χ0) is 13.8. The zero-order valence-corrected chi connectivity index (χ0v) is 10.7. The van der Waals surface area contributed by atoms with Crippen molar-refractivity contribution in [3.63, 3.8) is 0 Å². The summed E-state index contributed by atoms with van der Waals surface area (Å²) in [5, 5.41) is 4.00. The van der Waals surface area contributed by atoms with Crippen molar-refractivity contribution in [3.05, 3.63) is 59.9 Å². The first-order chi connectivity index (χ1) is 9.83. The van der Waals surface area contributed by atoms with Gasteiger partial charge in [-0.3, -0.25) is 4.79 Å². The van der Waals surface area contributed by atoms with Crippen molar-refractivity contribution < 1.29 is 9.53 Å². The first-order valence-electron chi connectivity index (χ1n) is 6.23. The Balaban J connectivity index is 1.74. The van der Waals surface area contributed by atoms with Crippen molar-refractivity contribution in [2.75, 3.05) is 6.61 Å². The molecular weight excluding hydrogens is 254 g/mol. The smallest absolute Gasteiger partial charge is 0.273 e. The lowest BCUT2D eigenvalue weighted by atomic mass is 10.1. The summed E-state index contributed by atoms with van der Waals surface area (Å²) in [5.41, 5.74) is 4.41. The maximum absolute atomic E-state index is 11.8. The second-order valence-corrected chi connectivity index (χ2v) is 4.28. The SMILES string of the molecule is O=C1NN=C(COc2ccccc2)C1=Cc1ccc[nH]1. The number of ether oxygens (including phenoxy) is 1. The number of para-hydroxylation sites is 1. The Morgan fingerprint density at radius 3 is 2.75 bits per heavy atom. The first kappa shape index (κ1) is 12.2. The third-order valence-corrected chi connectivity index (χ3v) is 2.89. The van der Waals surface area contributed by atoms with E-state index in [0.717, 1.165) is 11.4 Å². The molecule has 1 aromatic carbocycles. The van der Waals surface area contributed by atoms with Crippen LogP contribution in [0.3, 0.4) is 0 Å². The normalized spacial score (nSPS) is 16.1. The second-order valence-electron chi connectivity index (χ2n) is 4.28. The van der Waals surface area contributed by atoms with Crippen molar-refractivity contribution in [3.8, 4) is 5.75 Å². The minimum atomic E-state index is -0.216. The first-order valence-corrected chi connectivity index (χ1v) is 6.23. The molecule has 1 aliphatic rings. The van der Waals surface area contributed by atoms with E-state index in [1.807, 2.05) is 42.5 Å². The molecule has 20 heavy (non-hydrogen) atoms. The van der Waals surface area contributed by atoms with Crippen LogP contribution in [0, 0.1) is 0 Å². The summed E-state index contributed by atoms with van der Waals surface area (Å²) in [7, 11) is 0. The van der Waals surface area contributed by atoms with Gasteiger partial charge in [-0.25, -0.2) is 5.43 Å². The Hall–Kier alpha value is -2.82. The number of hydrazone groups is 1. The molecule has 3 rings (SSSR count). The van der Waals surface area contributed by atoms with Gasteiger partial charge < -0.3 is 9.72 Å². The molecule has 2 aromatic rings. The number of aromatic amines is 1. The number of carbonyl (C=O) groups is 1. The summed E-state index contributed by atoms with van der Waals surface area (Å²) in [6, 6.07) is 13.2. The van der Waals surface area contributed by atoms with E-state index in [1.165, 1.54) is 0 Å². The number of hydrogen-bond acceptors (Lipinski definition) is 3. The number of hydrogen-bond donors (Lipinski definition) is 2. The van der Waals surface area contributed by atoms with Crippen LogP contribution in [0.2, 0.25) is 0 Å². The lowest BCUT2D eigenvalue weighted by Crippen LogP contribution is -2.16. The summed E-state index contributed by atoms with van der Waals surface area (Å²) in [5.74, 6) is 0.528. The molecule has 0 saturated heterocycles. The van der Waals surface area contributed by atoms with Gasteiger partial charge >= 0.3 is 0 Å². The molecule has 0 unspecified atom stereocenters. The molecule has 0 bridgehead atoms. The molecule has 2 N–H and O–H groups in total. The van der Waals surface area contributed by atoms with Gasteiger partial charge in [-0.2, -0.15) is 5.10 Å². The topological polar surface area (TPSA) is 66.5 Å². The highest BCUT2D eigenvalue weighted by atomic mass is 16.5. The number of benzene rings is 1. The van der Waals surface area contributed by atoms with E-state index >= 15 is 0 Å². The number of amides is 1. The molecule has 0 radical (unpaired) electrons. The van der Waals surface area contributed by atoms with Gasteiger partial charge in [0.1, 0.15) is 18.1 Å². The van der Waals surface area contributed by atoms with E-state index in [1.54, 1.807) is 12.3 Å². The predicted molar refractivity (Wildman–Crippen MR) is 76.3 cm³/mol. The van der Waals surface area contributed by atoms with Crippen LogP contribution in [-0.4, -0.2) is 23.2 Å². The largest absolute Gasteiger partial charge is 0.487 e. The van der Waals surface area contributed by atoms with Crippen molar-refractivity contribution in [2.24, 2.45) is 5.10 Å². The molecule has 1 aliphatic heterocycles. The quantitative estimate of drug-likeness (QED) is 0.832. The highest BCUT2D eigenvalue weighted by Crippen LogP contribution is 2.14. The van der Waals surface area contributed by atoms with Crippen LogP contribution in [0.25, 0.3) is 6.08 Å². The summed E-state index contributed by atoms with van der Waals surface area (Å²) >= 11 is 0. The molecule has 5 nitrogen and oxygen atoms in total. The Morgan fingerprint density at radius 1 is 1.15 bits per heavy atom. The monoisotopic (exact) mass is 267 g/mol.